The molecule has 19 heavy (non-hydrogen) atoms. The number of para-hydroxylation sites is 1. The van der Waals surface area contributed by atoms with Crippen molar-refractivity contribution in [1.82, 2.24) is 10.3 Å². The lowest BCUT2D eigenvalue weighted by molar-refractivity contribution is 0.350. The molecule has 1 aromatic heterocycles. The van der Waals surface area contributed by atoms with E-state index in [0.29, 0.717) is 0 Å². The summed E-state index contributed by atoms with van der Waals surface area (Å²) in [6, 6.07) is 10.6. The maximum atomic E-state index is 5.82. The second kappa shape index (κ2) is 5.41. The van der Waals surface area contributed by atoms with Crippen LogP contribution in [0.15, 0.2) is 42.7 Å². The Hall–Kier alpha value is -1.87. The van der Waals surface area contributed by atoms with E-state index in [1.165, 1.54) is 16.7 Å². The van der Waals surface area contributed by atoms with Crippen molar-refractivity contribution in [1.29, 1.82) is 0 Å². The molecule has 1 atom stereocenters. The van der Waals surface area contributed by atoms with E-state index in [9.17, 15) is 0 Å². The van der Waals surface area contributed by atoms with Gasteiger partial charge in [0.25, 0.3) is 0 Å². The highest BCUT2D eigenvalue weighted by Gasteiger charge is 2.22. The van der Waals surface area contributed by atoms with E-state index in [1.807, 2.05) is 12.3 Å². The third-order valence-electron chi connectivity index (χ3n) is 3.48. The van der Waals surface area contributed by atoms with Gasteiger partial charge in [-0.1, -0.05) is 31.2 Å². The first kappa shape index (κ1) is 12.2. The van der Waals surface area contributed by atoms with Crippen LogP contribution >= 0.6 is 0 Å². The molecule has 1 N–H and O–H groups in total. The topological polar surface area (TPSA) is 34.2 Å². The molecule has 3 heteroatoms. The van der Waals surface area contributed by atoms with Gasteiger partial charge in [0.1, 0.15) is 5.75 Å². The lowest BCUT2D eigenvalue weighted by Gasteiger charge is -2.20. The number of nitrogens with zero attached hydrogens (tertiary/aromatic N) is 1. The fraction of sp³-hybridized carbons (Fsp3) is 0.312. The average molecular weight is 254 g/mol. The van der Waals surface area contributed by atoms with Crippen molar-refractivity contribution in [3.8, 4) is 5.75 Å². The van der Waals surface area contributed by atoms with E-state index >= 15 is 0 Å². The van der Waals surface area contributed by atoms with Crippen LogP contribution in [-0.4, -0.2) is 18.1 Å². The maximum Gasteiger partial charge on any atom is 0.127 e. The number of pyridine rings is 1. The van der Waals surface area contributed by atoms with Gasteiger partial charge in [-0.25, -0.2) is 0 Å². The van der Waals surface area contributed by atoms with Crippen LogP contribution < -0.4 is 10.1 Å². The summed E-state index contributed by atoms with van der Waals surface area (Å²) in [6.45, 7) is 3.81. The SMILES string of the molecule is CCNC(c1cccnc1)c1cccc2c1OCC2. The normalized spacial score (nSPS) is 14.8. The molecule has 0 radical (unpaired) electrons. The Balaban J connectivity index is 2.04. The molecule has 3 nitrogen and oxygen atoms in total. The largest absolute Gasteiger partial charge is 0.493 e. The van der Waals surface area contributed by atoms with Crippen LogP contribution in [0.5, 0.6) is 5.75 Å². The highest BCUT2D eigenvalue weighted by Crippen LogP contribution is 2.35. The third kappa shape index (κ3) is 2.34. The fourth-order valence-corrected chi connectivity index (χ4v) is 2.63. The highest BCUT2D eigenvalue weighted by atomic mass is 16.5. The van der Waals surface area contributed by atoms with Crippen LogP contribution in [0.2, 0.25) is 0 Å². The minimum atomic E-state index is 0.145. The first-order valence-electron chi connectivity index (χ1n) is 6.78. The molecule has 0 spiro atoms. The molecule has 1 aromatic carbocycles. The van der Waals surface area contributed by atoms with Crippen molar-refractivity contribution in [2.24, 2.45) is 0 Å². The monoisotopic (exact) mass is 254 g/mol. The van der Waals surface area contributed by atoms with E-state index in [2.05, 4.69) is 41.5 Å². The van der Waals surface area contributed by atoms with Crippen LogP contribution in [0.3, 0.4) is 0 Å². The zero-order chi connectivity index (χ0) is 13.1. The standard InChI is InChI=1S/C16H18N2O/c1-2-18-15(13-6-4-9-17-11-13)14-7-3-5-12-8-10-19-16(12)14/h3-7,9,11,15,18H,2,8,10H2,1H3. The van der Waals surface area contributed by atoms with Gasteiger partial charge in [0.05, 0.1) is 12.6 Å². The van der Waals surface area contributed by atoms with Crippen molar-refractivity contribution < 1.29 is 4.74 Å². The van der Waals surface area contributed by atoms with E-state index in [-0.39, 0.29) is 6.04 Å². The predicted molar refractivity (Wildman–Crippen MR) is 75.4 cm³/mol. The van der Waals surface area contributed by atoms with Gasteiger partial charge in [-0.3, -0.25) is 4.98 Å². The van der Waals surface area contributed by atoms with Gasteiger partial charge < -0.3 is 10.1 Å². The van der Waals surface area contributed by atoms with Crippen LogP contribution in [-0.2, 0) is 6.42 Å². The van der Waals surface area contributed by atoms with Gasteiger partial charge in [-0.2, -0.15) is 0 Å². The number of hydrogen-bond donors (Lipinski definition) is 1. The van der Waals surface area contributed by atoms with E-state index in [1.54, 1.807) is 6.20 Å². The van der Waals surface area contributed by atoms with Crippen LogP contribution in [0.4, 0.5) is 0 Å². The zero-order valence-corrected chi connectivity index (χ0v) is 11.1. The first-order valence-corrected chi connectivity index (χ1v) is 6.78. The van der Waals surface area contributed by atoms with Crippen molar-refractivity contribution in [2.45, 2.75) is 19.4 Å². The summed E-state index contributed by atoms with van der Waals surface area (Å²) in [5.41, 5.74) is 3.70. The molecule has 2 aromatic rings. The summed E-state index contributed by atoms with van der Waals surface area (Å²) in [4.78, 5) is 4.23. The van der Waals surface area contributed by atoms with E-state index < -0.39 is 0 Å². The summed E-state index contributed by atoms with van der Waals surface area (Å²) in [7, 11) is 0. The van der Waals surface area contributed by atoms with Crippen LogP contribution in [0.1, 0.15) is 29.7 Å². The third-order valence-corrected chi connectivity index (χ3v) is 3.48. The zero-order valence-electron chi connectivity index (χ0n) is 11.1. The average Bonchev–Trinajstić information content (AvgIpc) is 2.94. The number of hydrogen-bond acceptors (Lipinski definition) is 3. The number of nitrogens with one attached hydrogen (secondary N) is 1. The van der Waals surface area contributed by atoms with E-state index in [0.717, 1.165) is 25.3 Å². The number of fused-ring (bicyclic) bond motifs is 1. The minimum absolute atomic E-state index is 0.145. The van der Waals surface area contributed by atoms with Crippen LogP contribution in [0.25, 0.3) is 0 Å². The highest BCUT2D eigenvalue weighted by molar-refractivity contribution is 5.48. The molecule has 0 saturated heterocycles. The van der Waals surface area contributed by atoms with Gasteiger partial charge in [0, 0.05) is 24.4 Å². The minimum Gasteiger partial charge on any atom is -0.493 e. The lowest BCUT2D eigenvalue weighted by Crippen LogP contribution is -2.22. The Morgan fingerprint density at radius 3 is 3.05 bits per heavy atom. The van der Waals surface area contributed by atoms with Gasteiger partial charge in [0.15, 0.2) is 0 Å². The number of rotatable bonds is 4. The molecule has 1 unspecified atom stereocenters. The molecule has 0 fully saturated rings. The summed E-state index contributed by atoms with van der Waals surface area (Å²) < 4.78 is 5.82. The Bertz CT molecular complexity index is 554. The molecule has 0 aliphatic carbocycles. The quantitative estimate of drug-likeness (QED) is 0.911. The second-order valence-corrected chi connectivity index (χ2v) is 4.71. The summed E-state index contributed by atoms with van der Waals surface area (Å²) in [5.74, 6) is 1.05. The van der Waals surface area contributed by atoms with Crippen LogP contribution in [0, 0.1) is 0 Å². The first-order chi connectivity index (χ1) is 9.40. The number of ether oxygens (including phenoxy) is 1. The summed E-state index contributed by atoms with van der Waals surface area (Å²) in [5, 5.41) is 3.52. The second-order valence-electron chi connectivity index (χ2n) is 4.71. The van der Waals surface area contributed by atoms with Gasteiger partial charge in [0.2, 0.25) is 0 Å². The smallest absolute Gasteiger partial charge is 0.127 e. The Morgan fingerprint density at radius 2 is 2.26 bits per heavy atom. The summed E-state index contributed by atoms with van der Waals surface area (Å²) >= 11 is 0. The Morgan fingerprint density at radius 1 is 1.32 bits per heavy atom. The molecule has 3 rings (SSSR count). The molecule has 0 amide bonds. The van der Waals surface area contributed by atoms with E-state index in [4.69, 9.17) is 4.74 Å². The van der Waals surface area contributed by atoms with Gasteiger partial charge in [-0.05, 0) is 23.7 Å². The molecule has 0 bridgehead atoms. The molecule has 98 valence electrons. The van der Waals surface area contributed by atoms with Crippen molar-refractivity contribution in [2.75, 3.05) is 13.2 Å². The van der Waals surface area contributed by atoms with Gasteiger partial charge >= 0.3 is 0 Å². The number of aromatic nitrogens is 1. The molecular weight excluding hydrogens is 236 g/mol. The van der Waals surface area contributed by atoms with Crippen molar-refractivity contribution in [3.63, 3.8) is 0 Å². The number of benzene rings is 1. The summed E-state index contributed by atoms with van der Waals surface area (Å²) in [6.07, 6.45) is 4.73. The Kier molecular flexibility index (Phi) is 3.47. The molecule has 0 saturated carbocycles. The predicted octanol–water partition coefficient (Wildman–Crippen LogP) is 2.72. The molecule has 2 heterocycles. The molecule has 1 aliphatic rings. The maximum absolute atomic E-state index is 5.82. The van der Waals surface area contributed by atoms with Gasteiger partial charge in [-0.15, -0.1) is 0 Å². The molecule has 1 aliphatic heterocycles. The lowest BCUT2D eigenvalue weighted by atomic mass is 9.97. The Labute approximate surface area is 113 Å². The van der Waals surface area contributed by atoms with Crippen molar-refractivity contribution >= 4 is 0 Å². The fourth-order valence-electron chi connectivity index (χ4n) is 2.63. The van der Waals surface area contributed by atoms with Crippen molar-refractivity contribution in [3.05, 3.63) is 59.4 Å². The molecular formula is C16H18N2O.